The van der Waals surface area contributed by atoms with Crippen LogP contribution in [0.4, 0.5) is 17.1 Å². The molecule has 3 aromatic rings. The van der Waals surface area contributed by atoms with Crippen molar-refractivity contribution in [3.63, 3.8) is 0 Å². The van der Waals surface area contributed by atoms with Crippen LogP contribution in [0.15, 0.2) is 73.1 Å². The van der Waals surface area contributed by atoms with Crippen LogP contribution in [0.2, 0.25) is 0 Å². The molecule has 2 aliphatic rings. The van der Waals surface area contributed by atoms with E-state index in [4.69, 9.17) is 4.74 Å². The zero-order chi connectivity index (χ0) is 23.9. The molecule has 1 N–H and O–H groups in total. The molecule has 2 aliphatic heterocycles. The number of nitrogens with one attached hydrogen (secondary N) is 1. The number of para-hydroxylation sites is 2. The van der Waals surface area contributed by atoms with Crippen molar-refractivity contribution in [3.8, 4) is 0 Å². The molecule has 5 rings (SSSR count). The predicted octanol–water partition coefficient (Wildman–Crippen LogP) is 3.54. The number of anilines is 3. The number of hydrogen-bond acceptors (Lipinski definition) is 6. The van der Waals surface area contributed by atoms with E-state index in [1.165, 1.54) is 5.56 Å². The van der Waals surface area contributed by atoms with Crippen molar-refractivity contribution in [1.29, 1.82) is 0 Å². The lowest BCUT2D eigenvalue weighted by Gasteiger charge is -2.37. The number of amides is 1. The summed E-state index contributed by atoms with van der Waals surface area (Å²) in [4.78, 5) is 24.3. The number of carbonyl (C=O) groups excluding carboxylic acids is 1. The maximum atomic E-state index is 13.0. The Morgan fingerprint density at radius 3 is 2.29 bits per heavy atom. The van der Waals surface area contributed by atoms with E-state index in [1.54, 1.807) is 0 Å². The van der Waals surface area contributed by atoms with E-state index < -0.39 is 0 Å². The first-order valence-corrected chi connectivity index (χ1v) is 12.5. The van der Waals surface area contributed by atoms with Gasteiger partial charge in [0.2, 0.25) is 0 Å². The molecule has 182 valence electrons. The summed E-state index contributed by atoms with van der Waals surface area (Å²) in [6, 6.07) is 20.2. The van der Waals surface area contributed by atoms with E-state index in [9.17, 15) is 4.79 Å². The molecule has 1 aromatic heterocycles. The van der Waals surface area contributed by atoms with Gasteiger partial charge in [-0.25, -0.2) is 0 Å². The topological polar surface area (TPSA) is 60.9 Å². The quantitative estimate of drug-likeness (QED) is 0.569. The lowest BCUT2D eigenvalue weighted by atomic mass is 10.1. The second kappa shape index (κ2) is 11.3. The molecule has 2 aromatic carbocycles. The highest BCUT2D eigenvalue weighted by Gasteiger charge is 2.20. The highest BCUT2D eigenvalue weighted by molar-refractivity contribution is 6.06. The van der Waals surface area contributed by atoms with Gasteiger partial charge < -0.3 is 19.9 Å². The molecule has 7 nitrogen and oxygen atoms in total. The third kappa shape index (κ3) is 5.99. The van der Waals surface area contributed by atoms with Gasteiger partial charge in [0.25, 0.3) is 5.91 Å². The summed E-state index contributed by atoms with van der Waals surface area (Å²) < 4.78 is 5.43. The number of pyridine rings is 1. The molecule has 1 amide bonds. The molecular formula is C28H33N5O2. The number of hydrogen-bond donors (Lipinski definition) is 1. The van der Waals surface area contributed by atoms with Gasteiger partial charge in [0.1, 0.15) is 0 Å². The van der Waals surface area contributed by atoms with E-state index in [0.717, 1.165) is 82.5 Å². The van der Waals surface area contributed by atoms with E-state index in [0.29, 0.717) is 5.56 Å². The van der Waals surface area contributed by atoms with E-state index in [1.807, 2.05) is 54.9 Å². The Hall–Kier alpha value is -3.42. The minimum Gasteiger partial charge on any atom is -0.378 e. The van der Waals surface area contributed by atoms with E-state index in [-0.39, 0.29) is 5.91 Å². The monoisotopic (exact) mass is 471 g/mol. The van der Waals surface area contributed by atoms with Crippen LogP contribution in [0, 0.1) is 0 Å². The van der Waals surface area contributed by atoms with Gasteiger partial charge in [0.05, 0.1) is 24.6 Å². The second-order valence-corrected chi connectivity index (χ2v) is 9.05. The molecule has 0 radical (unpaired) electrons. The zero-order valence-corrected chi connectivity index (χ0v) is 20.1. The predicted molar refractivity (Wildman–Crippen MR) is 140 cm³/mol. The Balaban J connectivity index is 1.17. The van der Waals surface area contributed by atoms with Gasteiger partial charge in [-0.05, 0) is 60.5 Å². The summed E-state index contributed by atoms with van der Waals surface area (Å²) in [5.41, 5.74) is 5.07. The SMILES string of the molecule is O=C(Nc1ccccc1N1CCN(CCc2ccncc2)CC1)c1ccc(N2CCOCC2)cc1. The number of piperazine rings is 1. The highest BCUT2D eigenvalue weighted by Crippen LogP contribution is 2.27. The zero-order valence-electron chi connectivity index (χ0n) is 20.1. The Bertz CT molecular complexity index is 1090. The highest BCUT2D eigenvalue weighted by atomic mass is 16.5. The summed E-state index contributed by atoms with van der Waals surface area (Å²) in [6.07, 6.45) is 4.76. The number of benzene rings is 2. The van der Waals surface area contributed by atoms with Gasteiger partial charge >= 0.3 is 0 Å². The fraction of sp³-hybridized carbons (Fsp3) is 0.357. The van der Waals surface area contributed by atoms with Crippen molar-refractivity contribution in [3.05, 3.63) is 84.2 Å². The molecule has 3 heterocycles. The first kappa shape index (κ1) is 23.3. The van der Waals surface area contributed by atoms with Crippen LogP contribution in [0.3, 0.4) is 0 Å². The molecule has 0 bridgehead atoms. The number of morpholine rings is 1. The number of carbonyl (C=O) groups is 1. The smallest absolute Gasteiger partial charge is 0.255 e. The standard InChI is InChI=1S/C28H33N5O2/c34-28(24-5-7-25(8-6-24)32-19-21-35-22-20-32)30-26-3-1-2-4-27(26)33-17-15-31(16-18-33)14-11-23-9-12-29-13-10-23/h1-10,12-13H,11,14-22H2,(H,30,34). The molecular weight excluding hydrogens is 438 g/mol. The molecule has 2 saturated heterocycles. The molecule has 0 aliphatic carbocycles. The maximum Gasteiger partial charge on any atom is 0.255 e. The van der Waals surface area contributed by atoms with Crippen LogP contribution in [-0.2, 0) is 11.2 Å². The van der Waals surface area contributed by atoms with Crippen molar-refractivity contribution < 1.29 is 9.53 Å². The van der Waals surface area contributed by atoms with Gasteiger partial charge in [-0.2, -0.15) is 0 Å². The molecule has 35 heavy (non-hydrogen) atoms. The fourth-order valence-electron chi connectivity index (χ4n) is 4.74. The van der Waals surface area contributed by atoms with Crippen molar-refractivity contribution in [2.45, 2.75) is 6.42 Å². The summed E-state index contributed by atoms with van der Waals surface area (Å²) in [5.74, 6) is -0.0815. The first-order chi connectivity index (χ1) is 17.3. The van der Waals surface area contributed by atoms with Crippen molar-refractivity contribution in [2.24, 2.45) is 0 Å². The Labute approximate surface area is 207 Å². The summed E-state index contributed by atoms with van der Waals surface area (Å²) >= 11 is 0. The van der Waals surface area contributed by atoms with Crippen LogP contribution in [0.1, 0.15) is 15.9 Å². The normalized spacial score (nSPS) is 16.8. The number of rotatable bonds is 7. The molecule has 0 spiro atoms. The molecule has 0 saturated carbocycles. The van der Waals surface area contributed by atoms with Crippen LogP contribution in [0.5, 0.6) is 0 Å². The average molecular weight is 472 g/mol. The van der Waals surface area contributed by atoms with Gasteiger partial charge in [0, 0.05) is 69.5 Å². The van der Waals surface area contributed by atoms with Crippen LogP contribution < -0.4 is 15.1 Å². The third-order valence-electron chi connectivity index (χ3n) is 6.84. The number of aromatic nitrogens is 1. The van der Waals surface area contributed by atoms with Crippen LogP contribution in [-0.4, -0.2) is 74.8 Å². The minimum atomic E-state index is -0.0815. The number of ether oxygens (including phenoxy) is 1. The van der Waals surface area contributed by atoms with Crippen molar-refractivity contribution in [1.82, 2.24) is 9.88 Å². The van der Waals surface area contributed by atoms with Gasteiger partial charge in [-0.1, -0.05) is 12.1 Å². The van der Waals surface area contributed by atoms with E-state index in [2.05, 4.69) is 43.2 Å². The molecule has 0 atom stereocenters. The van der Waals surface area contributed by atoms with Gasteiger partial charge in [-0.15, -0.1) is 0 Å². The van der Waals surface area contributed by atoms with Crippen molar-refractivity contribution in [2.75, 3.05) is 74.1 Å². The molecule has 7 heteroatoms. The summed E-state index contributed by atoms with van der Waals surface area (Å²) in [7, 11) is 0. The van der Waals surface area contributed by atoms with Crippen LogP contribution >= 0.6 is 0 Å². The lowest BCUT2D eigenvalue weighted by Crippen LogP contribution is -2.47. The summed E-state index contributed by atoms with van der Waals surface area (Å²) in [6.45, 7) is 8.22. The van der Waals surface area contributed by atoms with Gasteiger partial charge in [-0.3, -0.25) is 14.7 Å². The van der Waals surface area contributed by atoms with Gasteiger partial charge in [0.15, 0.2) is 0 Å². The Morgan fingerprint density at radius 2 is 1.54 bits per heavy atom. The minimum absolute atomic E-state index is 0.0815. The van der Waals surface area contributed by atoms with E-state index >= 15 is 0 Å². The molecule has 2 fully saturated rings. The second-order valence-electron chi connectivity index (χ2n) is 9.05. The summed E-state index contributed by atoms with van der Waals surface area (Å²) in [5, 5.41) is 3.15. The third-order valence-corrected chi connectivity index (χ3v) is 6.84. The Kier molecular flexibility index (Phi) is 7.56. The van der Waals surface area contributed by atoms with Crippen molar-refractivity contribution >= 4 is 23.0 Å². The molecule has 0 unspecified atom stereocenters. The average Bonchev–Trinajstić information content (AvgIpc) is 2.94. The number of nitrogens with zero attached hydrogens (tertiary/aromatic N) is 4. The largest absolute Gasteiger partial charge is 0.378 e. The fourth-order valence-corrected chi connectivity index (χ4v) is 4.74. The first-order valence-electron chi connectivity index (χ1n) is 12.5. The van der Waals surface area contributed by atoms with Crippen LogP contribution in [0.25, 0.3) is 0 Å². The lowest BCUT2D eigenvalue weighted by molar-refractivity contribution is 0.102. The Morgan fingerprint density at radius 1 is 0.829 bits per heavy atom. The maximum absolute atomic E-state index is 13.0.